The summed E-state index contributed by atoms with van der Waals surface area (Å²) in [7, 11) is 0. The van der Waals surface area contributed by atoms with Crippen LogP contribution < -0.4 is 4.74 Å². The van der Waals surface area contributed by atoms with Crippen LogP contribution in [0, 0.1) is 5.41 Å². The lowest BCUT2D eigenvalue weighted by molar-refractivity contribution is -0.114. The van der Waals surface area contributed by atoms with E-state index >= 15 is 0 Å². The van der Waals surface area contributed by atoms with E-state index in [4.69, 9.17) is 33.3 Å². The van der Waals surface area contributed by atoms with Crippen molar-refractivity contribution in [2.24, 2.45) is 4.99 Å². The van der Waals surface area contributed by atoms with E-state index in [1.807, 2.05) is 0 Å². The lowest BCUT2D eigenvalue weighted by atomic mass is 10.1. The summed E-state index contributed by atoms with van der Waals surface area (Å²) in [6.07, 6.45) is 3.26. The molecule has 2 aliphatic rings. The highest BCUT2D eigenvalue weighted by Gasteiger charge is 2.30. The highest BCUT2D eigenvalue weighted by atomic mass is 35.5. The molecule has 2 heterocycles. The third-order valence-corrected chi connectivity index (χ3v) is 5.37. The second-order valence-corrected chi connectivity index (χ2v) is 7.68. The summed E-state index contributed by atoms with van der Waals surface area (Å²) in [5.41, 5.74) is 1.05. The standard InChI is InChI=1S/C20H11Cl2N3O3S/c21-12-3-6-14(16(22)10-12)19(27)28-13-4-1-11(2-5-13)9-15-17(23)25-7-8-29-20(25)24-18(15)26/h1-10,23H/b15-9-,23-17?. The highest BCUT2D eigenvalue weighted by Crippen LogP contribution is 2.28. The van der Waals surface area contributed by atoms with Crippen LogP contribution in [0.25, 0.3) is 6.08 Å². The van der Waals surface area contributed by atoms with Gasteiger partial charge in [-0.2, -0.15) is 4.99 Å². The zero-order valence-electron chi connectivity index (χ0n) is 14.6. The fraction of sp³-hybridized carbons (Fsp3) is 0. The van der Waals surface area contributed by atoms with E-state index in [1.54, 1.807) is 52.9 Å². The fourth-order valence-electron chi connectivity index (χ4n) is 2.65. The van der Waals surface area contributed by atoms with E-state index in [-0.39, 0.29) is 22.0 Å². The summed E-state index contributed by atoms with van der Waals surface area (Å²) in [5, 5.41) is 11.1. The summed E-state index contributed by atoms with van der Waals surface area (Å²) in [4.78, 5) is 30.0. The molecular weight excluding hydrogens is 433 g/mol. The van der Waals surface area contributed by atoms with Gasteiger partial charge in [0.2, 0.25) is 0 Å². The summed E-state index contributed by atoms with van der Waals surface area (Å²) < 4.78 is 5.33. The van der Waals surface area contributed by atoms with E-state index in [2.05, 4.69) is 4.99 Å². The van der Waals surface area contributed by atoms with Gasteiger partial charge < -0.3 is 4.74 Å². The Kier molecular flexibility index (Phi) is 5.27. The van der Waals surface area contributed by atoms with Crippen molar-refractivity contribution in [1.29, 1.82) is 5.41 Å². The van der Waals surface area contributed by atoms with Crippen molar-refractivity contribution in [3.63, 3.8) is 0 Å². The van der Waals surface area contributed by atoms with Gasteiger partial charge in [0.25, 0.3) is 5.91 Å². The maximum Gasteiger partial charge on any atom is 0.345 e. The van der Waals surface area contributed by atoms with Crippen LogP contribution in [0.1, 0.15) is 15.9 Å². The molecule has 9 heteroatoms. The van der Waals surface area contributed by atoms with Crippen LogP contribution >= 0.6 is 35.0 Å². The van der Waals surface area contributed by atoms with Gasteiger partial charge in [0, 0.05) is 11.2 Å². The largest absolute Gasteiger partial charge is 0.423 e. The average Bonchev–Trinajstić information content (AvgIpc) is 3.15. The molecule has 0 saturated heterocycles. The van der Waals surface area contributed by atoms with E-state index in [9.17, 15) is 9.59 Å². The Labute approximate surface area is 180 Å². The van der Waals surface area contributed by atoms with Gasteiger partial charge in [0.15, 0.2) is 5.17 Å². The van der Waals surface area contributed by atoms with Crippen molar-refractivity contribution < 1.29 is 14.3 Å². The minimum absolute atomic E-state index is 0.0640. The molecule has 29 heavy (non-hydrogen) atoms. The van der Waals surface area contributed by atoms with Crippen LogP contribution in [-0.4, -0.2) is 27.8 Å². The molecule has 0 bridgehead atoms. The lowest BCUT2D eigenvalue weighted by Crippen LogP contribution is -2.35. The SMILES string of the molecule is N=C1/C(=C/c2ccc(OC(=O)c3ccc(Cl)cc3Cl)cc2)C(=O)N=C2SC=CN12. The van der Waals surface area contributed by atoms with Crippen LogP contribution in [0.15, 0.2) is 64.6 Å². The Morgan fingerprint density at radius 3 is 2.66 bits per heavy atom. The summed E-state index contributed by atoms with van der Waals surface area (Å²) >= 11 is 13.1. The number of hydrogen-bond donors (Lipinski definition) is 1. The number of fused-ring (bicyclic) bond motifs is 1. The Balaban J connectivity index is 1.52. The molecule has 144 valence electrons. The quantitative estimate of drug-likeness (QED) is 0.410. The molecule has 0 radical (unpaired) electrons. The predicted octanol–water partition coefficient (Wildman–Crippen LogP) is 4.99. The van der Waals surface area contributed by atoms with Gasteiger partial charge in [-0.3, -0.25) is 15.1 Å². The van der Waals surface area contributed by atoms with E-state index in [0.717, 1.165) is 0 Å². The topological polar surface area (TPSA) is 82.8 Å². The van der Waals surface area contributed by atoms with E-state index in [0.29, 0.717) is 21.5 Å². The van der Waals surface area contributed by atoms with Gasteiger partial charge >= 0.3 is 5.97 Å². The van der Waals surface area contributed by atoms with Gasteiger partial charge in [0.1, 0.15) is 11.6 Å². The number of nitrogens with one attached hydrogen (secondary N) is 1. The van der Waals surface area contributed by atoms with Crippen molar-refractivity contribution in [2.75, 3.05) is 0 Å². The van der Waals surface area contributed by atoms with Crippen molar-refractivity contribution in [1.82, 2.24) is 4.90 Å². The average molecular weight is 444 g/mol. The second kappa shape index (κ2) is 7.87. The van der Waals surface area contributed by atoms with Crippen LogP contribution in [0.5, 0.6) is 5.75 Å². The number of rotatable bonds is 3. The lowest BCUT2D eigenvalue weighted by Gasteiger charge is -2.22. The number of benzene rings is 2. The van der Waals surface area contributed by atoms with Gasteiger partial charge in [-0.1, -0.05) is 47.1 Å². The van der Waals surface area contributed by atoms with Crippen LogP contribution in [0.2, 0.25) is 10.0 Å². The molecule has 1 N–H and O–H groups in total. The monoisotopic (exact) mass is 443 g/mol. The number of hydrogen-bond acceptors (Lipinski definition) is 5. The minimum Gasteiger partial charge on any atom is -0.423 e. The predicted molar refractivity (Wildman–Crippen MR) is 115 cm³/mol. The van der Waals surface area contributed by atoms with E-state index in [1.165, 1.54) is 23.9 Å². The first-order valence-electron chi connectivity index (χ1n) is 8.26. The molecule has 2 aromatic carbocycles. The zero-order chi connectivity index (χ0) is 20.5. The van der Waals surface area contributed by atoms with Crippen molar-refractivity contribution in [2.45, 2.75) is 0 Å². The molecule has 2 aromatic rings. The Morgan fingerprint density at radius 2 is 1.93 bits per heavy atom. The fourth-order valence-corrected chi connectivity index (χ4v) is 3.84. The molecular formula is C20H11Cl2N3O3S. The first-order chi connectivity index (χ1) is 13.9. The molecule has 2 aliphatic heterocycles. The number of carbonyl (C=O) groups excluding carboxylic acids is 2. The molecule has 6 nitrogen and oxygen atoms in total. The van der Waals surface area contributed by atoms with Crippen molar-refractivity contribution in [3.8, 4) is 5.75 Å². The molecule has 0 spiro atoms. The molecule has 0 fully saturated rings. The number of aliphatic imine (C=N–C) groups is 1. The first kappa shape index (κ1) is 19.4. The molecule has 0 aromatic heterocycles. The third kappa shape index (κ3) is 3.98. The van der Waals surface area contributed by atoms with Gasteiger partial charge in [-0.05, 0) is 47.4 Å². The molecule has 1 amide bonds. The van der Waals surface area contributed by atoms with Crippen LogP contribution in [-0.2, 0) is 4.79 Å². The number of amides is 1. The number of nitrogens with zero attached hydrogens (tertiary/aromatic N) is 2. The summed E-state index contributed by atoms with van der Waals surface area (Å²) in [5.74, 6) is -0.700. The number of carbonyl (C=O) groups is 2. The molecule has 0 atom stereocenters. The highest BCUT2D eigenvalue weighted by molar-refractivity contribution is 8.16. The molecule has 4 rings (SSSR count). The van der Waals surface area contributed by atoms with Crippen molar-refractivity contribution >= 4 is 63.9 Å². The maximum atomic E-state index is 12.3. The smallest absolute Gasteiger partial charge is 0.345 e. The first-order valence-corrected chi connectivity index (χ1v) is 9.89. The number of ether oxygens (including phenoxy) is 1. The number of amidine groups is 2. The van der Waals surface area contributed by atoms with Crippen molar-refractivity contribution in [3.05, 3.63) is 80.8 Å². The Morgan fingerprint density at radius 1 is 1.17 bits per heavy atom. The second-order valence-electron chi connectivity index (χ2n) is 5.96. The van der Waals surface area contributed by atoms with E-state index < -0.39 is 11.9 Å². The number of halogens is 2. The Bertz CT molecular complexity index is 1140. The zero-order valence-corrected chi connectivity index (χ0v) is 16.9. The van der Waals surface area contributed by atoms with Gasteiger partial charge in [0.05, 0.1) is 16.2 Å². The normalized spacial score (nSPS) is 16.8. The third-order valence-electron chi connectivity index (χ3n) is 4.07. The van der Waals surface area contributed by atoms with Crippen LogP contribution in [0.4, 0.5) is 0 Å². The molecule has 0 aliphatic carbocycles. The number of thioether (sulfide) groups is 1. The number of esters is 1. The van der Waals surface area contributed by atoms with Crippen LogP contribution in [0.3, 0.4) is 0 Å². The summed E-state index contributed by atoms with van der Waals surface area (Å²) in [6, 6.07) is 11.0. The summed E-state index contributed by atoms with van der Waals surface area (Å²) in [6.45, 7) is 0. The maximum absolute atomic E-state index is 12.3. The Hall–Kier alpha value is -2.87. The van der Waals surface area contributed by atoms with Gasteiger partial charge in [-0.25, -0.2) is 4.79 Å². The molecule has 0 saturated carbocycles. The molecule has 0 unspecified atom stereocenters. The minimum atomic E-state index is -0.609. The van der Waals surface area contributed by atoms with Gasteiger partial charge in [-0.15, -0.1) is 0 Å².